The predicted octanol–water partition coefficient (Wildman–Crippen LogP) is 0.113. The molecule has 1 amide bonds. The number of halogens is 2. The van der Waals surface area contributed by atoms with Crippen LogP contribution in [0.25, 0.3) is 0 Å². The quantitative estimate of drug-likeness (QED) is 0.585. The Hall–Kier alpha value is -1.62. The first-order valence-corrected chi connectivity index (χ1v) is 10.3. The minimum atomic E-state index is -3.60. The largest absolute Gasteiger partial charge is 0.338 e. The molecule has 2 saturated heterocycles. The molecular weight excluding hydrogens is 366 g/mol. The van der Waals surface area contributed by atoms with E-state index in [1.807, 2.05) is 0 Å². The summed E-state index contributed by atoms with van der Waals surface area (Å²) in [6.45, 7) is 0.893. The lowest BCUT2D eigenvalue weighted by Gasteiger charge is -2.35. The van der Waals surface area contributed by atoms with E-state index in [1.54, 1.807) is 0 Å². The summed E-state index contributed by atoms with van der Waals surface area (Å²) in [6, 6.07) is 2.82. The first-order chi connectivity index (χ1) is 12.2. The number of amides is 1. The molecule has 0 spiro atoms. The maximum atomic E-state index is 13.4. The molecular formula is C16H22F2N4O3S. The fourth-order valence-corrected chi connectivity index (χ4v) is 4.87. The van der Waals surface area contributed by atoms with Crippen molar-refractivity contribution in [2.45, 2.75) is 36.2 Å². The van der Waals surface area contributed by atoms with Gasteiger partial charge in [-0.2, -0.15) is 0 Å². The van der Waals surface area contributed by atoms with Crippen molar-refractivity contribution in [1.82, 2.24) is 21.5 Å². The van der Waals surface area contributed by atoms with Crippen LogP contribution in [-0.2, 0) is 14.6 Å². The number of hydrogen-bond donors (Lipinski definition) is 4. The molecule has 1 aromatic carbocycles. The van der Waals surface area contributed by atoms with Crippen molar-refractivity contribution < 1.29 is 22.0 Å². The molecule has 26 heavy (non-hydrogen) atoms. The number of rotatable bonds is 4. The van der Waals surface area contributed by atoms with E-state index in [4.69, 9.17) is 0 Å². The molecule has 2 heterocycles. The zero-order chi connectivity index (χ0) is 18.9. The van der Waals surface area contributed by atoms with Gasteiger partial charge in [0.25, 0.3) is 0 Å². The van der Waals surface area contributed by atoms with Gasteiger partial charge in [-0.15, -0.1) is 0 Å². The Kier molecular flexibility index (Phi) is 5.29. The molecule has 3 rings (SSSR count). The summed E-state index contributed by atoms with van der Waals surface area (Å²) in [4.78, 5) is 12.8. The second kappa shape index (κ2) is 7.18. The Labute approximate surface area is 150 Å². The van der Waals surface area contributed by atoms with Crippen LogP contribution in [0.3, 0.4) is 0 Å². The minimum Gasteiger partial charge on any atom is -0.338 e. The smallest absolute Gasteiger partial charge is 0.242 e. The van der Waals surface area contributed by atoms with Gasteiger partial charge in [-0.25, -0.2) is 28.1 Å². The fraction of sp³-hybridized carbons (Fsp3) is 0.562. The summed E-state index contributed by atoms with van der Waals surface area (Å²) in [5, 5.41) is 5.77. The van der Waals surface area contributed by atoms with Crippen LogP contribution in [0, 0.1) is 11.6 Å². The van der Waals surface area contributed by atoms with Crippen LogP contribution in [0.1, 0.15) is 30.9 Å². The SMILES string of the molecule is CS(=O)(=O)C1(C(=O)NC2CC(c3cc(F)cc(F)c3)NN2)CCNCC1. The predicted molar refractivity (Wildman–Crippen MR) is 91.6 cm³/mol. The monoisotopic (exact) mass is 388 g/mol. The van der Waals surface area contributed by atoms with E-state index in [0.717, 1.165) is 12.3 Å². The zero-order valence-corrected chi connectivity index (χ0v) is 15.1. The Balaban J connectivity index is 1.70. The zero-order valence-electron chi connectivity index (χ0n) is 14.3. The van der Waals surface area contributed by atoms with Crippen molar-refractivity contribution in [3.05, 3.63) is 35.4 Å². The van der Waals surface area contributed by atoms with Crippen LogP contribution < -0.4 is 21.5 Å². The van der Waals surface area contributed by atoms with Crippen LogP contribution in [0.4, 0.5) is 8.78 Å². The van der Waals surface area contributed by atoms with E-state index < -0.39 is 44.3 Å². The van der Waals surface area contributed by atoms with E-state index in [0.29, 0.717) is 25.1 Å². The summed E-state index contributed by atoms with van der Waals surface area (Å²) in [7, 11) is -3.60. The summed E-state index contributed by atoms with van der Waals surface area (Å²) >= 11 is 0. The van der Waals surface area contributed by atoms with Crippen LogP contribution in [0.2, 0.25) is 0 Å². The third kappa shape index (κ3) is 3.73. The maximum Gasteiger partial charge on any atom is 0.242 e. The lowest BCUT2D eigenvalue weighted by Crippen LogP contribution is -2.60. The molecule has 0 bridgehead atoms. The molecule has 1 aromatic rings. The van der Waals surface area contributed by atoms with Gasteiger partial charge in [-0.1, -0.05) is 0 Å². The Morgan fingerprint density at radius 1 is 1.15 bits per heavy atom. The summed E-state index contributed by atoms with van der Waals surface area (Å²) in [5.41, 5.74) is 6.13. The summed E-state index contributed by atoms with van der Waals surface area (Å²) < 4.78 is 49.9. The van der Waals surface area contributed by atoms with E-state index in [-0.39, 0.29) is 12.8 Å². The molecule has 2 fully saturated rings. The van der Waals surface area contributed by atoms with Crippen LogP contribution in [0.5, 0.6) is 0 Å². The fourth-order valence-electron chi connectivity index (χ4n) is 3.53. The molecule has 10 heteroatoms. The van der Waals surface area contributed by atoms with Crippen molar-refractivity contribution in [3.8, 4) is 0 Å². The van der Waals surface area contributed by atoms with Crippen LogP contribution in [-0.4, -0.2) is 44.6 Å². The van der Waals surface area contributed by atoms with Gasteiger partial charge >= 0.3 is 0 Å². The Morgan fingerprint density at radius 2 is 1.77 bits per heavy atom. The highest BCUT2D eigenvalue weighted by Gasteiger charge is 2.49. The summed E-state index contributed by atoms with van der Waals surface area (Å²) in [6.07, 6.45) is 1.27. The highest BCUT2D eigenvalue weighted by molar-refractivity contribution is 7.92. The van der Waals surface area contributed by atoms with E-state index in [1.165, 1.54) is 12.1 Å². The number of carbonyl (C=O) groups is 1. The number of piperidine rings is 1. The highest BCUT2D eigenvalue weighted by Crippen LogP contribution is 2.29. The third-order valence-electron chi connectivity index (χ3n) is 5.03. The molecule has 2 aliphatic heterocycles. The molecule has 0 radical (unpaired) electrons. The van der Waals surface area contributed by atoms with Gasteiger partial charge in [-0.05, 0) is 43.6 Å². The first-order valence-electron chi connectivity index (χ1n) is 8.40. The van der Waals surface area contributed by atoms with Crippen molar-refractivity contribution >= 4 is 15.7 Å². The Morgan fingerprint density at radius 3 is 2.35 bits per heavy atom. The molecule has 0 aromatic heterocycles. The first kappa shape index (κ1) is 19.2. The number of sulfone groups is 1. The number of benzene rings is 1. The summed E-state index contributed by atoms with van der Waals surface area (Å²) in [5.74, 6) is -1.91. The maximum absolute atomic E-state index is 13.4. The van der Waals surface area contributed by atoms with Gasteiger partial charge in [0.1, 0.15) is 11.6 Å². The molecule has 4 N–H and O–H groups in total. The minimum absolute atomic E-state index is 0.205. The van der Waals surface area contributed by atoms with Gasteiger partial charge in [0, 0.05) is 24.8 Å². The molecule has 2 atom stereocenters. The number of hydrazine groups is 1. The average molecular weight is 388 g/mol. The van der Waals surface area contributed by atoms with Crippen LogP contribution in [0.15, 0.2) is 18.2 Å². The topological polar surface area (TPSA) is 99.3 Å². The number of carbonyl (C=O) groups excluding carboxylic acids is 1. The normalized spacial score (nSPS) is 25.8. The van der Waals surface area contributed by atoms with Gasteiger partial charge in [-0.3, -0.25) is 4.79 Å². The third-order valence-corrected chi connectivity index (χ3v) is 7.04. The van der Waals surface area contributed by atoms with Crippen molar-refractivity contribution in [2.75, 3.05) is 19.3 Å². The van der Waals surface area contributed by atoms with Crippen LogP contribution >= 0.6 is 0 Å². The molecule has 2 aliphatic rings. The van der Waals surface area contributed by atoms with Gasteiger partial charge in [0.05, 0.1) is 6.17 Å². The number of nitrogens with one attached hydrogen (secondary N) is 4. The Bertz CT molecular complexity index is 776. The second-order valence-electron chi connectivity index (χ2n) is 6.82. The molecule has 144 valence electrons. The van der Waals surface area contributed by atoms with Gasteiger partial charge < -0.3 is 10.6 Å². The van der Waals surface area contributed by atoms with Crippen molar-refractivity contribution in [3.63, 3.8) is 0 Å². The second-order valence-corrected chi connectivity index (χ2v) is 9.15. The van der Waals surface area contributed by atoms with E-state index >= 15 is 0 Å². The lowest BCUT2D eigenvalue weighted by molar-refractivity contribution is -0.125. The molecule has 7 nitrogen and oxygen atoms in total. The lowest BCUT2D eigenvalue weighted by atomic mass is 9.95. The standard InChI is InChI=1S/C16H22F2N4O3S/c1-26(24,25)16(2-4-19-5-3-16)15(23)20-14-9-13(21-22-14)10-6-11(17)8-12(18)7-10/h6-8,13-14,19,21-22H,2-5,9H2,1H3,(H,20,23). The molecule has 0 saturated carbocycles. The van der Waals surface area contributed by atoms with Crippen molar-refractivity contribution in [2.24, 2.45) is 0 Å². The highest BCUT2D eigenvalue weighted by atomic mass is 32.2. The average Bonchev–Trinajstić information content (AvgIpc) is 3.02. The number of hydrogen-bond acceptors (Lipinski definition) is 6. The molecule has 2 unspecified atom stereocenters. The van der Waals surface area contributed by atoms with Crippen molar-refractivity contribution in [1.29, 1.82) is 0 Å². The molecule has 0 aliphatic carbocycles. The van der Waals surface area contributed by atoms with E-state index in [2.05, 4.69) is 21.5 Å². The van der Waals surface area contributed by atoms with Gasteiger partial charge in [0.2, 0.25) is 5.91 Å². The van der Waals surface area contributed by atoms with Gasteiger partial charge in [0.15, 0.2) is 14.6 Å². The van der Waals surface area contributed by atoms with E-state index in [9.17, 15) is 22.0 Å².